The maximum Gasteiger partial charge on any atom is 0.0628 e. The SMILES string of the molecule is N#CCC1(CNCCSc2ccccc2)CC1. The van der Waals surface area contributed by atoms with Crippen LogP contribution >= 0.6 is 11.8 Å². The fourth-order valence-electron chi connectivity index (χ4n) is 1.87. The van der Waals surface area contributed by atoms with E-state index in [0.717, 1.165) is 18.8 Å². The second-order valence-corrected chi connectivity index (χ2v) is 5.84. The minimum absolute atomic E-state index is 0.326. The molecule has 0 atom stereocenters. The summed E-state index contributed by atoms with van der Waals surface area (Å²) in [5.74, 6) is 1.09. The van der Waals surface area contributed by atoms with Gasteiger partial charge in [-0.05, 0) is 30.4 Å². The summed E-state index contributed by atoms with van der Waals surface area (Å²) >= 11 is 1.88. The molecule has 1 aliphatic carbocycles. The van der Waals surface area contributed by atoms with Gasteiger partial charge in [0.2, 0.25) is 0 Å². The summed E-state index contributed by atoms with van der Waals surface area (Å²) in [6.07, 6.45) is 3.16. The second kappa shape index (κ2) is 6.09. The van der Waals surface area contributed by atoms with Crippen molar-refractivity contribution in [1.82, 2.24) is 5.32 Å². The van der Waals surface area contributed by atoms with Crippen LogP contribution in [0.15, 0.2) is 35.2 Å². The third kappa shape index (κ3) is 4.07. The van der Waals surface area contributed by atoms with Crippen LogP contribution in [0.3, 0.4) is 0 Å². The van der Waals surface area contributed by atoms with Gasteiger partial charge in [0.25, 0.3) is 0 Å². The Bertz CT molecular complexity index is 379. The van der Waals surface area contributed by atoms with Crippen LogP contribution in [0.1, 0.15) is 19.3 Å². The monoisotopic (exact) mass is 246 g/mol. The topological polar surface area (TPSA) is 35.8 Å². The molecule has 0 aromatic heterocycles. The maximum absolute atomic E-state index is 8.71. The number of benzene rings is 1. The standard InChI is InChI=1S/C14H18N2S/c15-9-8-14(6-7-14)12-16-10-11-17-13-4-2-1-3-5-13/h1-5,16H,6-8,10-12H2. The fourth-order valence-corrected chi connectivity index (χ4v) is 2.70. The van der Waals surface area contributed by atoms with E-state index in [2.05, 4.69) is 35.7 Å². The minimum atomic E-state index is 0.326. The van der Waals surface area contributed by atoms with Crippen molar-refractivity contribution < 1.29 is 0 Å². The molecule has 2 rings (SSSR count). The van der Waals surface area contributed by atoms with Crippen molar-refractivity contribution in [3.8, 4) is 6.07 Å². The molecule has 0 amide bonds. The molecule has 0 heterocycles. The van der Waals surface area contributed by atoms with Crippen molar-refractivity contribution in [3.05, 3.63) is 30.3 Å². The molecular formula is C14H18N2S. The summed E-state index contributed by atoms with van der Waals surface area (Å²) < 4.78 is 0. The van der Waals surface area contributed by atoms with Crippen molar-refractivity contribution in [3.63, 3.8) is 0 Å². The highest BCUT2D eigenvalue weighted by Crippen LogP contribution is 2.47. The summed E-state index contributed by atoms with van der Waals surface area (Å²) in [5, 5.41) is 12.2. The first-order valence-electron chi connectivity index (χ1n) is 6.10. The van der Waals surface area contributed by atoms with Gasteiger partial charge in [-0.25, -0.2) is 0 Å². The lowest BCUT2D eigenvalue weighted by molar-refractivity contribution is 0.476. The van der Waals surface area contributed by atoms with Crippen molar-refractivity contribution in [2.75, 3.05) is 18.8 Å². The average Bonchev–Trinajstić information content (AvgIpc) is 3.11. The number of nitriles is 1. The number of hydrogen-bond acceptors (Lipinski definition) is 3. The smallest absolute Gasteiger partial charge is 0.0628 e. The molecule has 2 nitrogen and oxygen atoms in total. The average molecular weight is 246 g/mol. The highest BCUT2D eigenvalue weighted by Gasteiger charge is 2.41. The van der Waals surface area contributed by atoms with Gasteiger partial charge in [-0.15, -0.1) is 11.8 Å². The zero-order chi connectivity index (χ0) is 12.0. The molecular weight excluding hydrogens is 228 g/mol. The van der Waals surface area contributed by atoms with Gasteiger partial charge in [-0.1, -0.05) is 18.2 Å². The third-order valence-electron chi connectivity index (χ3n) is 3.20. The van der Waals surface area contributed by atoms with E-state index in [4.69, 9.17) is 5.26 Å². The molecule has 0 saturated heterocycles. The number of nitrogens with zero attached hydrogens (tertiary/aromatic N) is 1. The predicted octanol–water partition coefficient (Wildman–Crippen LogP) is 3.06. The van der Waals surface area contributed by atoms with Gasteiger partial charge < -0.3 is 5.32 Å². The first kappa shape index (κ1) is 12.5. The van der Waals surface area contributed by atoms with E-state index in [1.54, 1.807) is 0 Å². The first-order chi connectivity index (χ1) is 8.35. The second-order valence-electron chi connectivity index (χ2n) is 4.67. The highest BCUT2D eigenvalue weighted by atomic mass is 32.2. The summed E-state index contributed by atoms with van der Waals surface area (Å²) in [5.41, 5.74) is 0.326. The highest BCUT2D eigenvalue weighted by molar-refractivity contribution is 7.99. The van der Waals surface area contributed by atoms with Crippen LogP contribution in [0.5, 0.6) is 0 Å². The molecule has 0 spiro atoms. The van der Waals surface area contributed by atoms with E-state index in [0.29, 0.717) is 11.8 Å². The van der Waals surface area contributed by atoms with Crippen LogP contribution < -0.4 is 5.32 Å². The maximum atomic E-state index is 8.71. The van der Waals surface area contributed by atoms with Gasteiger partial charge in [-0.2, -0.15) is 5.26 Å². The molecule has 0 bridgehead atoms. The van der Waals surface area contributed by atoms with E-state index in [1.807, 2.05) is 17.8 Å². The summed E-state index contributed by atoms with van der Waals surface area (Å²) in [4.78, 5) is 1.33. The van der Waals surface area contributed by atoms with Gasteiger partial charge in [0.1, 0.15) is 0 Å². The number of rotatable bonds is 7. The molecule has 90 valence electrons. The Balaban J connectivity index is 1.57. The van der Waals surface area contributed by atoms with E-state index in [-0.39, 0.29) is 0 Å². The van der Waals surface area contributed by atoms with E-state index >= 15 is 0 Å². The Kier molecular flexibility index (Phi) is 4.47. The summed E-state index contributed by atoms with van der Waals surface area (Å²) in [6.45, 7) is 2.03. The Hall–Kier alpha value is -0.980. The Labute approximate surface area is 107 Å². The Morgan fingerprint density at radius 3 is 2.71 bits per heavy atom. The number of hydrogen-bond donors (Lipinski definition) is 1. The van der Waals surface area contributed by atoms with E-state index < -0.39 is 0 Å². The van der Waals surface area contributed by atoms with Crippen LogP contribution in [0.25, 0.3) is 0 Å². The van der Waals surface area contributed by atoms with Crippen LogP contribution in [0.2, 0.25) is 0 Å². The molecule has 1 aromatic rings. The number of nitrogens with one attached hydrogen (secondary N) is 1. The summed E-state index contributed by atoms with van der Waals surface area (Å²) in [7, 11) is 0. The molecule has 0 aliphatic heterocycles. The Morgan fingerprint density at radius 2 is 2.06 bits per heavy atom. The van der Waals surface area contributed by atoms with Crippen molar-refractivity contribution in [2.24, 2.45) is 5.41 Å². The predicted molar refractivity (Wildman–Crippen MR) is 71.9 cm³/mol. The van der Waals surface area contributed by atoms with E-state index in [9.17, 15) is 0 Å². The zero-order valence-electron chi connectivity index (χ0n) is 9.98. The van der Waals surface area contributed by atoms with Crippen LogP contribution in [-0.2, 0) is 0 Å². The van der Waals surface area contributed by atoms with Crippen molar-refractivity contribution in [2.45, 2.75) is 24.2 Å². The largest absolute Gasteiger partial charge is 0.315 e. The lowest BCUT2D eigenvalue weighted by Gasteiger charge is -2.11. The van der Waals surface area contributed by atoms with Gasteiger partial charge >= 0.3 is 0 Å². The molecule has 1 aromatic carbocycles. The van der Waals surface area contributed by atoms with Crippen molar-refractivity contribution >= 4 is 11.8 Å². The van der Waals surface area contributed by atoms with Gasteiger partial charge in [0, 0.05) is 30.2 Å². The van der Waals surface area contributed by atoms with Crippen molar-refractivity contribution in [1.29, 1.82) is 5.26 Å². The molecule has 0 unspecified atom stereocenters. The van der Waals surface area contributed by atoms with Crippen LogP contribution in [0, 0.1) is 16.7 Å². The van der Waals surface area contributed by atoms with Gasteiger partial charge in [0.05, 0.1) is 6.07 Å². The quantitative estimate of drug-likeness (QED) is 0.593. The number of thioether (sulfide) groups is 1. The fraction of sp³-hybridized carbons (Fsp3) is 0.500. The lowest BCUT2D eigenvalue weighted by atomic mass is 10.0. The first-order valence-corrected chi connectivity index (χ1v) is 7.09. The zero-order valence-corrected chi connectivity index (χ0v) is 10.8. The third-order valence-corrected chi connectivity index (χ3v) is 4.22. The summed E-state index contributed by atoms with van der Waals surface area (Å²) in [6, 6.07) is 12.8. The Morgan fingerprint density at radius 1 is 1.29 bits per heavy atom. The minimum Gasteiger partial charge on any atom is -0.315 e. The molecule has 0 radical (unpaired) electrons. The molecule has 1 saturated carbocycles. The van der Waals surface area contributed by atoms with Gasteiger partial charge in [0.15, 0.2) is 0 Å². The molecule has 1 N–H and O–H groups in total. The molecule has 3 heteroatoms. The van der Waals surface area contributed by atoms with Crippen LogP contribution in [-0.4, -0.2) is 18.8 Å². The molecule has 17 heavy (non-hydrogen) atoms. The lowest BCUT2D eigenvalue weighted by Crippen LogP contribution is -2.25. The molecule has 1 aliphatic rings. The normalized spacial score (nSPS) is 16.4. The van der Waals surface area contributed by atoms with E-state index in [1.165, 1.54) is 17.7 Å². The van der Waals surface area contributed by atoms with Crippen LogP contribution in [0.4, 0.5) is 0 Å². The van der Waals surface area contributed by atoms with Gasteiger partial charge in [-0.3, -0.25) is 0 Å². The molecule has 1 fully saturated rings.